The number of nitrogens with one attached hydrogen (secondary N) is 1. The predicted molar refractivity (Wildman–Crippen MR) is 114 cm³/mol. The van der Waals surface area contributed by atoms with Crippen LogP contribution in [0, 0.1) is 6.92 Å². The molecule has 0 radical (unpaired) electrons. The molecule has 1 heterocycles. The highest BCUT2D eigenvalue weighted by Gasteiger charge is 2.34. The Hall–Kier alpha value is -2.69. The fraction of sp³-hybridized carbons (Fsp3) is 0.458. The van der Waals surface area contributed by atoms with Gasteiger partial charge in [-0.2, -0.15) is 0 Å². The predicted octanol–water partition coefficient (Wildman–Crippen LogP) is 4.92. The van der Waals surface area contributed by atoms with E-state index in [1.54, 1.807) is 7.11 Å². The van der Waals surface area contributed by atoms with Crippen LogP contribution in [0.4, 0.5) is 0 Å². The van der Waals surface area contributed by atoms with Crippen LogP contribution in [0.3, 0.4) is 0 Å². The third kappa shape index (κ3) is 5.03. The zero-order valence-corrected chi connectivity index (χ0v) is 18.2. The van der Waals surface area contributed by atoms with Crippen molar-refractivity contribution in [1.82, 2.24) is 5.32 Å². The highest BCUT2D eigenvalue weighted by atomic mass is 16.5. The van der Waals surface area contributed by atoms with Crippen molar-refractivity contribution in [3.63, 3.8) is 0 Å². The van der Waals surface area contributed by atoms with Gasteiger partial charge in [0, 0.05) is 18.1 Å². The van der Waals surface area contributed by atoms with Crippen LogP contribution in [0.15, 0.2) is 36.4 Å². The number of carbonyl (C=O) groups excluding carboxylic acids is 1. The van der Waals surface area contributed by atoms with Crippen molar-refractivity contribution >= 4 is 5.91 Å². The van der Waals surface area contributed by atoms with E-state index in [1.807, 2.05) is 45.0 Å². The molecule has 1 N–H and O–H groups in total. The van der Waals surface area contributed by atoms with Crippen LogP contribution in [0.5, 0.6) is 17.2 Å². The molecule has 0 saturated heterocycles. The number of ether oxygens (including phenoxy) is 3. The number of fused-ring (bicyclic) bond motifs is 1. The summed E-state index contributed by atoms with van der Waals surface area (Å²) in [6.45, 7) is 10.3. The molecule has 1 aliphatic heterocycles. The normalized spacial score (nSPS) is 17.3. The van der Waals surface area contributed by atoms with Crippen LogP contribution < -0.4 is 19.5 Å². The van der Waals surface area contributed by atoms with E-state index in [0.717, 1.165) is 33.9 Å². The summed E-state index contributed by atoms with van der Waals surface area (Å²) in [4.78, 5) is 12.7. The van der Waals surface area contributed by atoms with E-state index in [-0.39, 0.29) is 24.2 Å². The van der Waals surface area contributed by atoms with Gasteiger partial charge >= 0.3 is 0 Å². The lowest BCUT2D eigenvalue weighted by atomic mass is 9.89. The summed E-state index contributed by atoms with van der Waals surface area (Å²) < 4.78 is 17.3. The lowest BCUT2D eigenvalue weighted by molar-refractivity contribution is -0.124. The van der Waals surface area contributed by atoms with Crippen LogP contribution in [0.1, 0.15) is 62.8 Å². The summed E-state index contributed by atoms with van der Waals surface area (Å²) in [5, 5.41) is 3.12. The summed E-state index contributed by atoms with van der Waals surface area (Å²) in [5.41, 5.74) is 2.78. The Labute approximate surface area is 173 Å². The average Bonchev–Trinajstić information content (AvgIpc) is 2.64. The number of hydrogen-bond acceptors (Lipinski definition) is 4. The fourth-order valence-electron chi connectivity index (χ4n) is 3.71. The summed E-state index contributed by atoms with van der Waals surface area (Å²) in [5.74, 6) is 2.42. The Morgan fingerprint density at radius 1 is 1.24 bits per heavy atom. The number of carbonyl (C=O) groups is 1. The highest BCUT2D eigenvalue weighted by Crippen LogP contribution is 2.41. The van der Waals surface area contributed by atoms with E-state index in [9.17, 15) is 4.79 Å². The standard InChI is InChI=1S/C24H31NO4/c1-15(2)18-9-7-16(3)11-21(18)28-14-23(26)25-20-13-24(4,5)29-22-12-17(27-6)8-10-19(20)22/h7-12,15,20H,13-14H2,1-6H3,(H,25,26). The largest absolute Gasteiger partial charge is 0.497 e. The molecule has 0 aliphatic carbocycles. The summed E-state index contributed by atoms with van der Waals surface area (Å²) >= 11 is 0. The molecule has 2 aromatic rings. The number of aryl methyl sites for hydroxylation is 1. The number of rotatable bonds is 6. The smallest absolute Gasteiger partial charge is 0.258 e. The van der Waals surface area contributed by atoms with Gasteiger partial charge in [0.15, 0.2) is 6.61 Å². The topological polar surface area (TPSA) is 56.8 Å². The van der Waals surface area contributed by atoms with Gasteiger partial charge in [-0.25, -0.2) is 0 Å². The van der Waals surface area contributed by atoms with Crippen LogP contribution in [0.25, 0.3) is 0 Å². The molecule has 0 bridgehead atoms. The maximum Gasteiger partial charge on any atom is 0.258 e. The van der Waals surface area contributed by atoms with Crippen LogP contribution in [-0.2, 0) is 4.79 Å². The first-order valence-electron chi connectivity index (χ1n) is 10.1. The maximum absolute atomic E-state index is 12.7. The number of amides is 1. The fourth-order valence-corrected chi connectivity index (χ4v) is 3.71. The van der Waals surface area contributed by atoms with Gasteiger partial charge in [-0.15, -0.1) is 0 Å². The first-order valence-corrected chi connectivity index (χ1v) is 10.1. The number of methoxy groups -OCH3 is 1. The van der Waals surface area contributed by atoms with Crippen molar-refractivity contribution in [2.75, 3.05) is 13.7 Å². The lowest BCUT2D eigenvalue weighted by Crippen LogP contribution is -2.42. The molecule has 1 unspecified atom stereocenters. The molecule has 0 fully saturated rings. The molecule has 1 atom stereocenters. The van der Waals surface area contributed by atoms with E-state index in [4.69, 9.17) is 14.2 Å². The zero-order valence-electron chi connectivity index (χ0n) is 18.2. The first kappa shape index (κ1) is 21.0. The molecular weight excluding hydrogens is 366 g/mol. The molecular formula is C24H31NO4. The van der Waals surface area contributed by atoms with Crippen molar-refractivity contribution in [2.24, 2.45) is 0 Å². The SMILES string of the molecule is COc1ccc2c(c1)OC(C)(C)CC2NC(=O)COc1cc(C)ccc1C(C)C. The molecule has 0 saturated carbocycles. The van der Waals surface area contributed by atoms with Gasteiger partial charge in [0.1, 0.15) is 22.8 Å². The summed E-state index contributed by atoms with van der Waals surface area (Å²) in [7, 11) is 1.63. The van der Waals surface area contributed by atoms with Crippen LogP contribution in [0.2, 0.25) is 0 Å². The van der Waals surface area contributed by atoms with E-state index in [0.29, 0.717) is 12.3 Å². The van der Waals surface area contributed by atoms with Gasteiger partial charge in [-0.3, -0.25) is 4.79 Å². The molecule has 3 rings (SSSR count). The Morgan fingerprint density at radius 2 is 2.00 bits per heavy atom. The third-order valence-corrected chi connectivity index (χ3v) is 5.16. The van der Waals surface area contributed by atoms with Crippen molar-refractivity contribution in [1.29, 1.82) is 0 Å². The molecule has 5 nitrogen and oxygen atoms in total. The molecule has 0 aromatic heterocycles. The summed E-state index contributed by atoms with van der Waals surface area (Å²) in [6, 6.07) is 11.7. The second kappa shape index (κ2) is 8.36. The lowest BCUT2D eigenvalue weighted by Gasteiger charge is -2.38. The molecule has 5 heteroatoms. The molecule has 156 valence electrons. The van der Waals surface area contributed by atoms with Crippen molar-refractivity contribution in [3.8, 4) is 17.2 Å². The zero-order chi connectivity index (χ0) is 21.2. The molecule has 0 spiro atoms. The minimum absolute atomic E-state index is 0.0214. The number of hydrogen-bond donors (Lipinski definition) is 1. The van der Waals surface area contributed by atoms with Crippen molar-refractivity contribution < 1.29 is 19.0 Å². The van der Waals surface area contributed by atoms with Crippen molar-refractivity contribution in [2.45, 2.75) is 58.6 Å². The second-order valence-corrected chi connectivity index (χ2v) is 8.57. The van der Waals surface area contributed by atoms with Gasteiger partial charge in [0.2, 0.25) is 0 Å². The van der Waals surface area contributed by atoms with E-state index >= 15 is 0 Å². The summed E-state index contributed by atoms with van der Waals surface area (Å²) in [6.07, 6.45) is 0.680. The van der Waals surface area contributed by atoms with E-state index in [1.165, 1.54) is 0 Å². The van der Waals surface area contributed by atoms with Gasteiger partial charge < -0.3 is 19.5 Å². The van der Waals surface area contributed by atoms with Gasteiger partial charge in [-0.05, 0) is 56.0 Å². The minimum atomic E-state index is -0.389. The Balaban J connectivity index is 1.72. The highest BCUT2D eigenvalue weighted by molar-refractivity contribution is 5.78. The molecule has 29 heavy (non-hydrogen) atoms. The maximum atomic E-state index is 12.7. The average molecular weight is 398 g/mol. The first-order chi connectivity index (χ1) is 13.7. The Bertz CT molecular complexity index is 888. The van der Waals surface area contributed by atoms with E-state index in [2.05, 4.69) is 31.3 Å². The van der Waals surface area contributed by atoms with Gasteiger partial charge in [0.05, 0.1) is 13.2 Å². The Kier molecular flexibility index (Phi) is 6.06. The Morgan fingerprint density at radius 3 is 2.69 bits per heavy atom. The second-order valence-electron chi connectivity index (χ2n) is 8.57. The van der Waals surface area contributed by atoms with Gasteiger partial charge in [0.25, 0.3) is 5.91 Å². The minimum Gasteiger partial charge on any atom is -0.497 e. The van der Waals surface area contributed by atoms with Crippen LogP contribution >= 0.6 is 0 Å². The van der Waals surface area contributed by atoms with E-state index < -0.39 is 0 Å². The van der Waals surface area contributed by atoms with Crippen LogP contribution in [-0.4, -0.2) is 25.2 Å². The third-order valence-electron chi connectivity index (χ3n) is 5.16. The quantitative estimate of drug-likeness (QED) is 0.751. The molecule has 1 amide bonds. The monoisotopic (exact) mass is 397 g/mol. The molecule has 2 aromatic carbocycles. The van der Waals surface area contributed by atoms with Crippen molar-refractivity contribution in [3.05, 3.63) is 53.1 Å². The number of benzene rings is 2. The van der Waals surface area contributed by atoms with Gasteiger partial charge in [-0.1, -0.05) is 26.0 Å². The molecule has 1 aliphatic rings.